The number of nitrogens with one attached hydrogen (secondary N) is 2. The molecule has 3 aromatic rings. The Kier molecular flexibility index (Phi) is 5.90. The van der Waals surface area contributed by atoms with Gasteiger partial charge in [-0.3, -0.25) is 9.89 Å². The van der Waals surface area contributed by atoms with Crippen LogP contribution in [0.5, 0.6) is 0 Å². The van der Waals surface area contributed by atoms with Gasteiger partial charge in [0.15, 0.2) is 5.82 Å². The largest absolute Gasteiger partial charge is 0.351 e. The zero-order chi connectivity index (χ0) is 18.5. The minimum Gasteiger partial charge on any atom is -0.351 e. The van der Waals surface area contributed by atoms with Crippen LogP contribution in [0.2, 0.25) is 5.02 Å². The van der Waals surface area contributed by atoms with Crippen LogP contribution >= 0.6 is 23.4 Å². The molecule has 3 rings (SSSR count). The number of halogens is 2. The number of H-pyrrole nitrogens is 1. The van der Waals surface area contributed by atoms with Crippen molar-refractivity contribution in [3.05, 3.63) is 64.9 Å². The fourth-order valence-corrected chi connectivity index (χ4v) is 3.20. The van der Waals surface area contributed by atoms with Crippen molar-refractivity contribution in [2.24, 2.45) is 0 Å². The van der Waals surface area contributed by atoms with Crippen LogP contribution in [0.15, 0.2) is 53.7 Å². The van der Waals surface area contributed by atoms with Crippen LogP contribution in [0.1, 0.15) is 12.5 Å². The summed E-state index contributed by atoms with van der Waals surface area (Å²) < 4.78 is 13.8. The minimum absolute atomic E-state index is 0.160. The molecule has 0 saturated carbocycles. The lowest BCUT2D eigenvalue weighted by Gasteiger charge is -2.11. The van der Waals surface area contributed by atoms with Gasteiger partial charge in [0, 0.05) is 11.6 Å². The number of carbonyl (C=O) groups is 1. The van der Waals surface area contributed by atoms with Gasteiger partial charge in [-0.25, -0.2) is 9.37 Å². The molecule has 1 aromatic heterocycles. The second kappa shape index (κ2) is 8.33. The maximum Gasteiger partial charge on any atom is 0.233 e. The highest BCUT2D eigenvalue weighted by Crippen LogP contribution is 2.24. The first-order valence-electron chi connectivity index (χ1n) is 7.89. The Bertz CT molecular complexity index is 917. The molecule has 2 aromatic carbocycles. The Morgan fingerprint density at radius 2 is 2.00 bits per heavy atom. The van der Waals surface area contributed by atoms with Crippen molar-refractivity contribution in [3.63, 3.8) is 0 Å². The van der Waals surface area contributed by atoms with Crippen LogP contribution < -0.4 is 5.32 Å². The molecule has 0 aliphatic carbocycles. The van der Waals surface area contributed by atoms with Crippen LogP contribution in [0.3, 0.4) is 0 Å². The normalized spacial score (nSPS) is 12.0. The summed E-state index contributed by atoms with van der Waals surface area (Å²) in [5, 5.41) is 10.2. The van der Waals surface area contributed by atoms with E-state index in [9.17, 15) is 9.18 Å². The molecule has 0 saturated heterocycles. The van der Waals surface area contributed by atoms with E-state index in [1.165, 1.54) is 17.8 Å². The first kappa shape index (κ1) is 18.4. The van der Waals surface area contributed by atoms with Crippen LogP contribution in [-0.2, 0) is 11.3 Å². The van der Waals surface area contributed by atoms with E-state index in [4.69, 9.17) is 11.6 Å². The van der Waals surface area contributed by atoms with Gasteiger partial charge in [0.1, 0.15) is 5.82 Å². The van der Waals surface area contributed by atoms with Crippen LogP contribution in [0.25, 0.3) is 11.4 Å². The number of hydrogen-bond acceptors (Lipinski definition) is 4. The number of aromatic nitrogens is 3. The highest BCUT2D eigenvalue weighted by atomic mass is 35.5. The number of thioether (sulfide) groups is 1. The first-order chi connectivity index (χ1) is 12.5. The zero-order valence-corrected chi connectivity index (χ0v) is 15.4. The molecular formula is C18H16ClFN4OS. The second-order valence-corrected chi connectivity index (χ2v) is 7.23. The van der Waals surface area contributed by atoms with E-state index in [0.717, 1.165) is 5.56 Å². The predicted octanol–water partition coefficient (Wildman–Crippen LogP) is 4.06. The summed E-state index contributed by atoms with van der Waals surface area (Å²) in [6.07, 6.45) is 0. The number of aromatic amines is 1. The number of nitrogens with zero attached hydrogens (tertiary/aromatic N) is 2. The number of hydrogen-bond donors (Lipinski definition) is 2. The van der Waals surface area contributed by atoms with Crippen molar-refractivity contribution in [2.45, 2.75) is 23.9 Å². The molecule has 1 atom stereocenters. The van der Waals surface area contributed by atoms with Gasteiger partial charge in [0.25, 0.3) is 0 Å². The maximum atomic E-state index is 13.8. The van der Waals surface area contributed by atoms with Crippen LogP contribution in [0, 0.1) is 5.82 Å². The monoisotopic (exact) mass is 390 g/mol. The van der Waals surface area contributed by atoms with E-state index in [0.29, 0.717) is 28.1 Å². The van der Waals surface area contributed by atoms with Gasteiger partial charge in [-0.15, -0.1) is 5.10 Å². The predicted molar refractivity (Wildman–Crippen MR) is 100 cm³/mol. The van der Waals surface area contributed by atoms with Gasteiger partial charge in [0.05, 0.1) is 10.8 Å². The molecule has 0 radical (unpaired) electrons. The average Bonchev–Trinajstić information content (AvgIpc) is 3.09. The third-order valence-corrected chi connectivity index (χ3v) is 4.99. The van der Waals surface area contributed by atoms with Crippen LogP contribution in [-0.4, -0.2) is 26.3 Å². The van der Waals surface area contributed by atoms with Crippen LogP contribution in [0.4, 0.5) is 4.39 Å². The summed E-state index contributed by atoms with van der Waals surface area (Å²) in [5.74, 6) is -0.216. The Hall–Kier alpha value is -2.38. The molecular weight excluding hydrogens is 375 g/mol. The topological polar surface area (TPSA) is 70.7 Å². The van der Waals surface area contributed by atoms with E-state index in [-0.39, 0.29) is 11.7 Å². The van der Waals surface area contributed by atoms with E-state index in [1.54, 1.807) is 31.2 Å². The lowest BCUT2D eigenvalue weighted by Crippen LogP contribution is -2.30. The van der Waals surface area contributed by atoms with E-state index < -0.39 is 5.25 Å². The van der Waals surface area contributed by atoms with Crippen molar-refractivity contribution >= 4 is 29.3 Å². The Morgan fingerprint density at radius 1 is 1.27 bits per heavy atom. The molecule has 0 unspecified atom stereocenters. The fraction of sp³-hybridized carbons (Fsp3) is 0.167. The summed E-state index contributed by atoms with van der Waals surface area (Å²) in [6.45, 7) is 2.10. The van der Waals surface area contributed by atoms with Gasteiger partial charge in [0.2, 0.25) is 11.1 Å². The molecule has 0 aliphatic rings. The zero-order valence-electron chi connectivity index (χ0n) is 13.9. The second-order valence-electron chi connectivity index (χ2n) is 5.52. The molecule has 134 valence electrons. The van der Waals surface area contributed by atoms with E-state index in [1.807, 2.05) is 18.2 Å². The van der Waals surface area contributed by atoms with E-state index in [2.05, 4.69) is 20.5 Å². The Morgan fingerprint density at radius 3 is 2.77 bits per heavy atom. The third-order valence-electron chi connectivity index (χ3n) is 3.66. The van der Waals surface area contributed by atoms with Gasteiger partial charge in [-0.2, -0.15) is 0 Å². The molecule has 0 fully saturated rings. The average molecular weight is 391 g/mol. The summed E-state index contributed by atoms with van der Waals surface area (Å²) >= 11 is 7.27. The molecule has 0 spiro atoms. The van der Waals surface area contributed by atoms with Gasteiger partial charge in [-0.1, -0.05) is 53.7 Å². The van der Waals surface area contributed by atoms with Gasteiger partial charge >= 0.3 is 0 Å². The summed E-state index contributed by atoms with van der Waals surface area (Å²) in [7, 11) is 0. The standard InChI is InChI=1S/C18H16ClFN4OS/c1-11(17(25)21-10-12-6-2-4-8-14(12)19)26-18-22-16(23-24-18)13-7-3-5-9-15(13)20/h2-9,11H,10H2,1H3,(H,21,25)(H,22,23,24)/t11-/m0/s1. The fourth-order valence-electron chi connectivity index (χ4n) is 2.25. The van der Waals surface area contributed by atoms with Crippen molar-refractivity contribution in [2.75, 3.05) is 0 Å². The molecule has 5 nitrogen and oxygen atoms in total. The maximum absolute atomic E-state index is 13.8. The molecule has 0 bridgehead atoms. The van der Waals surface area contributed by atoms with Crippen molar-refractivity contribution < 1.29 is 9.18 Å². The lowest BCUT2D eigenvalue weighted by molar-refractivity contribution is -0.120. The summed E-state index contributed by atoms with van der Waals surface area (Å²) in [4.78, 5) is 16.5. The van der Waals surface area contributed by atoms with Crippen molar-refractivity contribution in [1.82, 2.24) is 20.5 Å². The SMILES string of the molecule is C[C@H](Sc1n[nH]c(-c2ccccc2F)n1)C(=O)NCc1ccccc1Cl. The lowest BCUT2D eigenvalue weighted by atomic mass is 10.2. The summed E-state index contributed by atoms with van der Waals surface area (Å²) in [5.41, 5.74) is 1.18. The molecule has 1 heterocycles. The Labute approximate surface area is 159 Å². The number of carbonyl (C=O) groups excluding carboxylic acids is 1. The van der Waals surface area contributed by atoms with Gasteiger partial charge < -0.3 is 5.32 Å². The minimum atomic E-state index is -0.415. The smallest absolute Gasteiger partial charge is 0.233 e. The highest BCUT2D eigenvalue weighted by Gasteiger charge is 2.18. The third kappa shape index (κ3) is 4.42. The molecule has 2 N–H and O–H groups in total. The van der Waals surface area contributed by atoms with Crippen molar-refractivity contribution in [1.29, 1.82) is 0 Å². The highest BCUT2D eigenvalue weighted by molar-refractivity contribution is 8.00. The number of rotatable bonds is 6. The Balaban J connectivity index is 1.59. The van der Waals surface area contributed by atoms with Crippen molar-refractivity contribution in [3.8, 4) is 11.4 Å². The molecule has 1 amide bonds. The van der Waals surface area contributed by atoms with E-state index >= 15 is 0 Å². The number of amides is 1. The quantitative estimate of drug-likeness (QED) is 0.622. The first-order valence-corrected chi connectivity index (χ1v) is 9.15. The number of benzene rings is 2. The van der Waals surface area contributed by atoms with Gasteiger partial charge in [-0.05, 0) is 30.7 Å². The molecule has 26 heavy (non-hydrogen) atoms. The summed E-state index contributed by atoms with van der Waals surface area (Å²) in [6, 6.07) is 13.6. The molecule has 8 heteroatoms. The molecule has 0 aliphatic heterocycles.